The molecule has 0 saturated carbocycles. The minimum atomic E-state index is -2.64. The van der Waals surface area contributed by atoms with E-state index in [1.807, 2.05) is 0 Å². The second-order valence-corrected chi connectivity index (χ2v) is 2.32. The summed E-state index contributed by atoms with van der Waals surface area (Å²) in [5.74, 6) is 0. The van der Waals surface area contributed by atoms with Gasteiger partial charge in [0.05, 0.1) is 0 Å². The van der Waals surface area contributed by atoms with Crippen LogP contribution in [0.3, 0.4) is 0 Å². The molecule has 0 spiro atoms. The van der Waals surface area contributed by atoms with Crippen molar-refractivity contribution < 1.29 is 13.6 Å². The summed E-state index contributed by atoms with van der Waals surface area (Å²) < 4.78 is 23.5. The van der Waals surface area contributed by atoms with E-state index >= 15 is 0 Å². The molecule has 0 aliphatic rings. The molecule has 62 valence electrons. The Balaban J connectivity index is 4.32. The topological polar surface area (TPSA) is 17.1 Å². The van der Waals surface area contributed by atoms with Gasteiger partial charge in [0.15, 0.2) is 0 Å². The van der Waals surface area contributed by atoms with Gasteiger partial charge in [-0.25, -0.2) is 8.78 Å². The molecule has 0 fully saturated rings. The average molecular weight is 181 g/mol. The molecule has 0 aromatic carbocycles. The maximum atomic E-state index is 11.8. The van der Waals surface area contributed by atoms with E-state index in [1.54, 1.807) is 0 Å². The van der Waals surface area contributed by atoms with E-state index in [9.17, 15) is 13.6 Å². The van der Waals surface area contributed by atoms with Crippen molar-refractivity contribution in [3.8, 4) is 0 Å². The van der Waals surface area contributed by atoms with Gasteiger partial charge >= 0.3 is 0 Å². The number of rotatable bonds is 3. The molecule has 0 saturated heterocycles. The number of carbonyl (C=O) groups excluding carboxylic acids is 1. The number of halogens is 3. The zero-order valence-corrected chi connectivity index (χ0v) is 6.66. The van der Waals surface area contributed by atoms with E-state index in [1.165, 1.54) is 6.92 Å². The van der Waals surface area contributed by atoms with Gasteiger partial charge in [-0.05, 0) is 24.6 Å². The molecule has 0 aromatic heterocycles. The fourth-order valence-electron chi connectivity index (χ4n) is 0.398. The maximum Gasteiger partial charge on any atom is 0.263 e. The van der Waals surface area contributed by atoms with Crippen molar-refractivity contribution in [3.63, 3.8) is 0 Å². The summed E-state index contributed by atoms with van der Waals surface area (Å²) in [6.07, 6.45) is -1.67. The van der Waals surface area contributed by atoms with Crippen molar-refractivity contribution in [2.45, 2.75) is 13.3 Å². The van der Waals surface area contributed by atoms with Gasteiger partial charge in [0.2, 0.25) is 5.24 Å². The van der Waals surface area contributed by atoms with E-state index in [4.69, 9.17) is 11.6 Å². The average Bonchev–Trinajstić information content (AvgIpc) is 1.87. The van der Waals surface area contributed by atoms with Crippen LogP contribution < -0.4 is 0 Å². The zero-order valence-electron chi connectivity index (χ0n) is 5.90. The molecular formula is C7H7ClF2O. The molecule has 4 heteroatoms. The number of alkyl halides is 2. The van der Waals surface area contributed by atoms with Gasteiger partial charge in [0.25, 0.3) is 6.43 Å². The fraction of sp³-hybridized carbons (Fsp3) is 0.286. The first-order valence-corrected chi connectivity index (χ1v) is 3.18. The standard InChI is InChI=1S/C7H7ClF2O/c1-4(6(8)11)3-5(2)7(9)10/h3,7H,2H2,1H3/b4-3+. The second-order valence-electron chi connectivity index (χ2n) is 1.98. The van der Waals surface area contributed by atoms with Gasteiger partial charge in [-0.2, -0.15) is 0 Å². The smallest absolute Gasteiger partial charge is 0.263 e. The summed E-state index contributed by atoms with van der Waals surface area (Å²) in [6.45, 7) is 4.39. The molecule has 0 atom stereocenters. The van der Waals surface area contributed by atoms with Crippen LogP contribution >= 0.6 is 11.6 Å². The van der Waals surface area contributed by atoms with Crippen LogP contribution in [0.15, 0.2) is 23.8 Å². The van der Waals surface area contributed by atoms with E-state index in [0.29, 0.717) is 0 Å². The lowest BCUT2D eigenvalue weighted by molar-refractivity contribution is -0.108. The van der Waals surface area contributed by atoms with Crippen molar-refractivity contribution >= 4 is 16.8 Å². The molecule has 1 nitrogen and oxygen atoms in total. The molecule has 0 aliphatic heterocycles. The molecule has 0 aliphatic carbocycles. The van der Waals surface area contributed by atoms with Gasteiger partial charge < -0.3 is 0 Å². The summed E-state index contributed by atoms with van der Waals surface area (Å²) in [4.78, 5) is 10.3. The predicted octanol–water partition coefficient (Wildman–Crippen LogP) is 2.52. The number of hydrogen-bond acceptors (Lipinski definition) is 1. The summed E-state index contributed by atoms with van der Waals surface area (Å²) in [5.41, 5.74) is -0.339. The van der Waals surface area contributed by atoms with Crippen LogP contribution in [0.5, 0.6) is 0 Å². The van der Waals surface area contributed by atoms with E-state index in [0.717, 1.165) is 6.08 Å². The van der Waals surface area contributed by atoms with Crippen molar-refractivity contribution in [1.29, 1.82) is 0 Å². The minimum Gasteiger partial charge on any atom is -0.276 e. The van der Waals surface area contributed by atoms with Gasteiger partial charge in [0, 0.05) is 11.1 Å². The van der Waals surface area contributed by atoms with Crippen LogP contribution in [-0.2, 0) is 4.79 Å². The first-order valence-electron chi connectivity index (χ1n) is 2.80. The third-order valence-corrected chi connectivity index (χ3v) is 1.29. The molecule has 0 heterocycles. The Bertz CT molecular complexity index is 208. The fourth-order valence-corrected chi connectivity index (χ4v) is 0.452. The molecular weight excluding hydrogens is 174 g/mol. The Kier molecular flexibility index (Phi) is 3.97. The maximum absolute atomic E-state index is 11.8. The Morgan fingerprint density at radius 1 is 1.64 bits per heavy atom. The molecule has 0 rings (SSSR count). The number of carbonyl (C=O) groups is 1. The SMILES string of the molecule is C=C(/C=C(\C)C(=O)Cl)C(F)F. The summed E-state index contributed by atoms with van der Waals surface area (Å²) in [5, 5.41) is -0.744. The number of allylic oxidation sites excluding steroid dienone is 3. The highest BCUT2D eigenvalue weighted by Crippen LogP contribution is 2.11. The van der Waals surface area contributed by atoms with Crippen LogP contribution in [0.1, 0.15) is 6.92 Å². The molecule has 0 radical (unpaired) electrons. The van der Waals surface area contributed by atoms with E-state index in [-0.39, 0.29) is 5.57 Å². The third kappa shape index (κ3) is 3.88. The quantitative estimate of drug-likeness (QED) is 0.371. The molecule has 0 amide bonds. The molecule has 0 aromatic rings. The lowest BCUT2D eigenvalue weighted by Gasteiger charge is -1.97. The van der Waals surface area contributed by atoms with Crippen molar-refractivity contribution in [3.05, 3.63) is 23.8 Å². The van der Waals surface area contributed by atoms with Gasteiger partial charge in [-0.3, -0.25) is 4.79 Å². The van der Waals surface area contributed by atoms with Gasteiger partial charge in [-0.15, -0.1) is 0 Å². The molecule has 11 heavy (non-hydrogen) atoms. The van der Waals surface area contributed by atoms with Crippen molar-refractivity contribution in [1.82, 2.24) is 0 Å². The first-order chi connectivity index (χ1) is 4.95. The first kappa shape index (κ1) is 10.3. The largest absolute Gasteiger partial charge is 0.276 e. The van der Waals surface area contributed by atoms with Gasteiger partial charge in [-0.1, -0.05) is 6.58 Å². The lowest BCUT2D eigenvalue weighted by atomic mass is 10.2. The Morgan fingerprint density at radius 2 is 2.09 bits per heavy atom. The Hall–Kier alpha value is -0.700. The van der Waals surface area contributed by atoms with Gasteiger partial charge in [0.1, 0.15) is 0 Å². The monoisotopic (exact) mass is 180 g/mol. The third-order valence-electron chi connectivity index (χ3n) is 0.992. The van der Waals surface area contributed by atoms with E-state index < -0.39 is 17.2 Å². The molecule has 0 bridgehead atoms. The normalized spacial score (nSPS) is 11.9. The highest BCUT2D eigenvalue weighted by molar-refractivity contribution is 6.67. The summed E-state index contributed by atoms with van der Waals surface area (Å²) >= 11 is 4.98. The van der Waals surface area contributed by atoms with Crippen molar-refractivity contribution in [2.24, 2.45) is 0 Å². The highest BCUT2D eigenvalue weighted by atomic mass is 35.5. The van der Waals surface area contributed by atoms with E-state index in [2.05, 4.69) is 6.58 Å². The Labute approximate surface area is 68.3 Å². The summed E-state index contributed by atoms with van der Waals surface area (Å²) in [6, 6.07) is 0. The van der Waals surface area contributed by atoms with Crippen LogP contribution in [0.4, 0.5) is 8.78 Å². The molecule has 0 unspecified atom stereocenters. The van der Waals surface area contributed by atoms with Crippen LogP contribution in [0, 0.1) is 0 Å². The Morgan fingerprint density at radius 3 is 2.36 bits per heavy atom. The zero-order chi connectivity index (χ0) is 9.02. The molecule has 0 N–H and O–H groups in total. The van der Waals surface area contributed by atoms with Crippen molar-refractivity contribution in [2.75, 3.05) is 0 Å². The number of hydrogen-bond donors (Lipinski definition) is 0. The van der Waals surface area contributed by atoms with Crippen LogP contribution in [-0.4, -0.2) is 11.7 Å². The summed E-state index contributed by atoms with van der Waals surface area (Å²) in [7, 11) is 0. The lowest BCUT2D eigenvalue weighted by Crippen LogP contribution is -1.95. The predicted molar refractivity (Wildman–Crippen MR) is 39.8 cm³/mol. The van der Waals surface area contributed by atoms with Crippen LogP contribution in [0.25, 0.3) is 0 Å². The second kappa shape index (κ2) is 4.23. The minimum absolute atomic E-state index is 0.0666. The highest BCUT2D eigenvalue weighted by Gasteiger charge is 2.07. The van der Waals surface area contributed by atoms with Crippen LogP contribution in [0.2, 0.25) is 0 Å².